The van der Waals surface area contributed by atoms with Gasteiger partial charge in [-0.2, -0.15) is 33.7 Å². The zero-order chi connectivity index (χ0) is 12.2. The van der Waals surface area contributed by atoms with Crippen molar-refractivity contribution in [2.24, 2.45) is 0 Å². The molecule has 2 atom stereocenters. The molecule has 2 N–H and O–H groups in total. The van der Waals surface area contributed by atoms with Crippen LogP contribution in [0.25, 0.3) is 0 Å². The fourth-order valence-corrected chi connectivity index (χ4v) is 3.75. The molecule has 0 amide bonds. The molecule has 2 unspecified atom stereocenters. The van der Waals surface area contributed by atoms with E-state index in [2.05, 4.69) is 30.6 Å². The van der Waals surface area contributed by atoms with E-state index in [1.807, 2.05) is 0 Å². The molecule has 16 heavy (non-hydrogen) atoms. The van der Waals surface area contributed by atoms with E-state index in [1.54, 1.807) is 0 Å². The van der Waals surface area contributed by atoms with E-state index in [1.165, 1.54) is 6.42 Å². The molecule has 0 aromatic heterocycles. The van der Waals surface area contributed by atoms with E-state index in [0.717, 1.165) is 25.7 Å². The molecular formula is C9H19NO3S3. The van der Waals surface area contributed by atoms with Crippen molar-refractivity contribution in [1.82, 2.24) is 5.32 Å². The minimum Gasteiger partial charge on any atom is -0.295 e. The van der Waals surface area contributed by atoms with Crippen molar-refractivity contribution in [2.45, 2.75) is 48.8 Å². The van der Waals surface area contributed by atoms with Gasteiger partial charge in [-0.3, -0.25) is 9.87 Å². The van der Waals surface area contributed by atoms with Crippen LogP contribution in [0, 0.1) is 0 Å². The normalized spacial score (nSPS) is 22.9. The minimum atomic E-state index is -4.11. The summed E-state index contributed by atoms with van der Waals surface area (Å²) in [6, 6.07) is 0.162. The molecule has 0 radical (unpaired) electrons. The van der Waals surface area contributed by atoms with Crippen molar-refractivity contribution in [2.75, 3.05) is 5.75 Å². The first-order chi connectivity index (χ1) is 7.45. The number of hydrogen-bond acceptors (Lipinski definition) is 5. The van der Waals surface area contributed by atoms with Crippen LogP contribution in [0.15, 0.2) is 0 Å². The first-order valence-corrected chi connectivity index (χ1v) is 8.11. The molecule has 4 nitrogen and oxygen atoms in total. The van der Waals surface area contributed by atoms with Gasteiger partial charge >= 0.3 is 0 Å². The molecule has 0 bridgehead atoms. The first-order valence-electron chi connectivity index (χ1n) is 5.46. The maximum Gasteiger partial charge on any atom is 0.282 e. The van der Waals surface area contributed by atoms with Gasteiger partial charge in [0.25, 0.3) is 10.1 Å². The molecule has 0 saturated heterocycles. The predicted molar refractivity (Wildman–Crippen MR) is 72.0 cm³/mol. The average Bonchev–Trinajstić information content (AvgIpc) is 2.25. The fourth-order valence-electron chi connectivity index (χ4n) is 1.99. The lowest BCUT2D eigenvalue weighted by Gasteiger charge is -2.29. The monoisotopic (exact) mass is 285 g/mol. The number of nitrogens with one attached hydrogen (secondary N) is 1. The molecular weight excluding hydrogens is 266 g/mol. The van der Waals surface area contributed by atoms with Gasteiger partial charge in [-0.25, -0.2) is 0 Å². The third-order valence-corrected chi connectivity index (χ3v) is 5.33. The first kappa shape index (κ1) is 14.6. The van der Waals surface area contributed by atoms with Crippen molar-refractivity contribution in [3.05, 3.63) is 0 Å². The van der Waals surface area contributed by atoms with Gasteiger partial charge in [0.2, 0.25) is 0 Å². The third-order valence-electron chi connectivity index (χ3n) is 2.86. The van der Waals surface area contributed by atoms with Crippen molar-refractivity contribution < 1.29 is 13.0 Å². The van der Waals surface area contributed by atoms with Crippen LogP contribution in [-0.4, -0.2) is 35.4 Å². The fraction of sp³-hybridized carbons (Fsp3) is 1.00. The van der Waals surface area contributed by atoms with Crippen molar-refractivity contribution >= 4 is 35.4 Å². The zero-order valence-corrected chi connectivity index (χ0v) is 11.6. The minimum absolute atomic E-state index is 0.162. The predicted octanol–water partition coefficient (Wildman–Crippen LogP) is 1.35. The molecule has 96 valence electrons. The second-order valence-corrected chi connectivity index (χ2v) is 6.75. The Bertz CT molecular complexity index is 301. The average molecular weight is 285 g/mol. The zero-order valence-electron chi connectivity index (χ0n) is 9.04. The summed E-state index contributed by atoms with van der Waals surface area (Å²) in [5, 5.41) is 1.47. The Labute approximate surface area is 108 Å². The topological polar surface area (TPSA) is 66.4 Å². The van der Waals surface area contributed by atoms with Crippen LogP contribution in [-0.2, 0) is 10.1 Å². The Morgan fingerprint density at radius 2 is 1.88 bits per heavy atom. The largest absolute Gasteiger partial charge is 0.295 e. The quantitative estimate of drug-likeness (QED) is 0.455. The highest BCUT2D eigenvalue weighted by molar-refractivity contribution is 7.89. The van der Waals surface area contributed by atoms with Gasteiger partial charge < -0.3 is 0 Å². The van der Waals surface area contributed by atoms with Crippen LogP contribution in [0.1, 0.15) is 32.1 Å². The van der Waals surface area contributed by atoms with Crippen molar-refractivity contribution in [3.63, 3.8) is 0 Å². The summed E-state index contributed by atoms with van der Waals surface area (Å²) in [7, 11) is -4.11. The molecule has 0 heterocycles. The molecule has 7 heteroatoms. The van der Waals surface area contributed by atoms with E-state index >= 15 is 0 Å². The van der Waals surface area contributed by atoms with Gasteiger partial charge in [0.05, 0.1) is 0 Å². The summed E-state index contributed by atoms with van der Waals surface area (Å²) < 4.78 is 31.6. The van der Waals surface area contributed by atoms with E-state index in [4.69, 9.17) is 4.55 Å². The molecule has 0 aromatic rings. The Morgan fingerprint density at radius 3 is 2.31 bits per heavy atom. The van der Waals surface area contributed by atoms with Crippen molar-refractivity contribution in [1.29, 1.82) is 0 Å². The van der Waals surface area contributed by atoms with Crippen LogP contribution >= 0.6 is 25.3 Å². The van der Waals surface area contributed by atoms with Gasteiger partial charge in [-0.1, -0.05) is 19.3 Å². The summed E-state index contributed by atoms with van der Waals surface area (Å²) in [6.45, 7) is 0. The molecule has 0 aromatic carbocycles. The second kappa shape index (κ2) is 6.49. The summed E-state index contributed by atoms with van der Waals surface area (Å²) in [5.41, 5.74) is 0. The lowest BCUT2D eigenvalue weighted by Crippen LogP contribution is -2.49. The number of rotatable bonds is 5. The Hall–Kier alpha value is 0.570. The standard InChI is InChI=1S/C9H19NO3S3/c11-16(12,13)9(8(15)6-14)10-7-4-2-1-3-5-7/h7-10,14-15H,1-6H2,(H,11,12,13). The summed E-state index contributed by atoms with van der Waals surface area (Å²) in [4.78, 5) is 0. The lowest BCUT2D eigenvalue weighted by molar-refractivity contribution is 0.350. The van der Waals surface area contributed by atoms with Crippen LogP contribution in [0.5, 0.6) is 0 Å². The van der Waals surface area contributed by atoms with Gasteiger partial charge in [-0.05, 0) is 12.8 Å². The molecule has 1 aliphatic carbocycles. The van der Waals surface area contributed by atoms with Gasteiger partial charge in [0.15, 0.2) is 0 Å². The molecule has 0 aliphatic heterocycles. The van der Waals surface area contributed by atoms with Gasteiger partial charge in [0, 0.05) is 17.0 Å². The second-order valence-electron chi connectivity index (χ2n) is 4.19. The van der Waals surface area contributed by atoms with Crippen LogP contribution in [0.2, 0.25) is 0 Å². The molecule has 0 spiro atoms. The van der Waals surface area contributed by atoms with Gasteiger partial charge in [-0.15, -0.1) is 0 Å². The van der Waals surface area contributed by atoms with E-state index in [0.29, 0.717) is 5.75 Å². The van der Waals surface area contributed by atoms with Crippen LogP contribution < -0.4 is 5.32 Å². The number of thiol groups is 2. The van der Waals surface area contributed by atoms with E-state index in [9.17, 15) is 8.42 Å². The summed E-state index contributed by atoms with van der Waals surface area (Å²) in [6.07, 6.45) is 5.33. The maximum absolute atomic E-state index is 11.2. The van der Waals surface area contributed by atoms with E-state index in [-0.39, 0.29) is 6.04 Å². The van der Waals surface area contributed by atoms with E-state index < -0.39 is 20.7 Å². The highest BCUT2D eigenvalue weighted by atomic mass is 32.2. The lowest BCUT2D eigenvalue weighted by atomic mass is 9.95. The smallest absolute Gasteiger partial charge is 0.282 e. The molecule has 1 rings (SSSR count). The maximum atomic E-state index is 11.2. The van der Waals surface area contributed by atoms with Crippen LogP contribution in [0.4, 0.5) is 0 Å². The van der Waals surface area contributed by atoms with Gasteiger partial charge in [0.1, 0.15) is 5.37 Å². The summed E-state index contributed by atoms with van der Waals surface area (Å²) >= 11 is 8.15. The molecule has 1 fully saturated rings. The SMILES string of the molecule is O=S(=O)(O)C(NC1CCCCC1)C(S)CS. The Kier molecular flexibility index (Phi) is 5.93. The highest BCUT2D eigenvalue weighted by Gasteiger charge is 2.31. The summed E-state index contributed by atoms with van der Waals surface area (Å²) in [5.74, 6) is 0.299. The Morgan fingerprint density at radius 1 is 1.31 bits per heavy atom. The Balaban J connectivity index is 2.63. The third kappa shape index (κ3) is 4.44. The molecule has 1 saturated carbocycles. The number of hydrogen-bond donors (Lipinski definition) is 4. The van der Waals surface area contributed by atoms with Crippen molar-refractivity contribution in [3.8, 4) is 0 Å². The highest BCUT2D eigenvalue weighted by Crippen LogP contribution is 2.20. The molecule has 1 aliphatic rings. The van der Waals surface area contributed by atoms with Crippen LogP contribution in [0.3, 0.4) is 0 Å².